The molecule has 0 saturated carbocycles. The Morgan fingerprint density at radius 2 is 2.14 bits per heavy atom. The van der Waals surface area contributed by atoms with Crippen LogP contribution in [0.5, 0.6) is 0 Å². The summed E-state index contributed by atoms with van der Waals surface area (Å²) < 4.78 is 3.19. The van der Waals surface area contributed by atoms with E-state index in [1.165, 1.54) is 4.40 Å². The number of hydrogen-bond acceptors (Lipinski definition) is 3. The third-order valence-corrected chi connectivity index (χ3v) is 3.79. The molecule has 0 atom stereocenters. The van der Waals surface area contributed by atoms with E-state index in [1.807, 2.05) is 26.0 Å². The van der Waals surface area contributed by atoms with Crippen molar-refractivity contribution >= 4 is 22.6 Å². The van der Waals surface area contributed by atoms with Crippen molar-refractivity contribution in [2.45, 2.75) is 20.3 Å². The number of pyridine rings is 1. The van der Waals surface area contributed by atoms with Gasteiger partial charge in [0.2, 0.25) is 0 Å². The Hall–Kier alpha value is -2.63. The minimum absolute atomic E-state index is 0.158. The molecule has 1 amide bonds. The van der Waals surface area contributed by atoms with E-state index in [9.17, 15) is 9.59 Å². The van der Waals surface area contributed by atoms with E-state index in [2.05, 4.69) is 10.3 Å². The molecule has 6 heteroatoms. The summed E-state index contributed by atoms with van der Waals surface area (Å²) in [6, 6.07) is 5.34. The average Bonchev–Trinajstić information content (AvgIpc) is 2.84. The van der Waals surface area contributed by atoms with Gasteiger partial charge in [-0.1, -0.05) is 13.0 Å². The molecule has 3 heterocycles. The molecular weight excluding hydrogens is 280 g/mol. The highest BCUT2D eigenvalue weighted by atomic mass is 16.2. The average molecular weight is 298 g/mol. The number of carbonyl (C=O) groups excluding carboxylic acids is 1. The molecule has 0 aliphatic carbocycles. The lowest BCUT2D eigenvalue weighted by molar-refractivity contribution is 0.0946. The summed E-state index contributed by atoms with van der Waals surface area (Å²) in [5.41, 5.74) is 2.35. The quantitative estimate of drug-likeness (QED) is 0.799. The largest absolute Gasteiger partial charge is 0.351 e. The molecule has 0 fully saturated rings. The van der Waals surface area contributed by atoms with Gasteiger partial charge in [-0.3, -0.25) is 14.0 Å². The lowest BCUT2D eigenvalue weighted by Gasteiger charge is -2.06. The molecule has 0 saturated heterocycles. The van der Waals surface area contributed by atoms with Crippen LogP contribution < -0.4 is 10.9 Å². The molecule has 3 rings (SSSR count). The number of aryl methyl sites for hydroxylation is 2. The number of amides is 1. The fraction of sp³-hybridized carbons (Fsp3) is 0.312. The summed E-state index contributed by atoms with van der Waals surface area (Å²) in [5.74, 6) is -0.187. The number of aromatic nitrogens is 3. The molecule has 1 N–H and O–H groups in total. The normalized spacial score (nSPS) is 11.2. The second-order valence-corrected chi connectivity index (χ2v) is 5.38. The van der Waals surface area contributed by atoms with Gasteiger partial charge in [-0.15, -0.1) is 0 Å². The van der Waals surface area contributed by atoms with Crippen molar-refractivity contribution in [3.05, 3.63) is 46.0 Å². The Bertz CT molecular complexity index is 937. The maximum absolute atomic E-state index is 12.6. The second-order valence-electron chi connectivity index (χ2n) is 5.38. The van der Waals surface area contributed by atoms with Crippen LogP contribution in [0.2, 0.25) is 0 Å². The van der Waals surface area contributed by atoms with Crippen LogP contribution in [0.4, 0.5) is 0 Å². The van der Waals surface area contributed by atoms with Crippen LogP contribution in [0, 0.1) is 6.92 Å². The van der Waals surface area contributed by atoms with E-state index >= 15 is 0 Å². The Labute approximate surface area is 127 Å². The van der Waals surface area contributed by atoms with Crippen LogP contribution in [0.3, 0.4) is 0 Å². The van der Waals surface area contributed by atoms with Gasteiger partial charge >= 0.3 is 0 Å². The van der Waals surface area contributed by atoms with Gasteiger partial charge in [-0.05, 0) is 31.0 Å². The standard InChI is InChI=1S/C16H18N4O2/c1-4-7-17-15(21)12-9-11-14(19(12)3)18-13-10(2)6-5-8-20(13)16(11)22/h5-6,8-9H,4,7H2,1-3H3,(H,17,21). The molecule has 0 unspecified atom stereocenters. The monoisotopic (exact) mass is 298 g/mol. The zero-order valence-electron chi connectivity index (χ0n) is 12.9. The number of hydrogen-bond donors (Lipinski definition) is 1. The molecule has 0 aromatic carbocycles. The first-order valence-electron chi connectivity index (χ1n) is 7.30. The SMILES string of the molecule is CCCNC(=O)c1cc2c(=O)n3cccc(C)c3nc2n1C. The molecule has 0 radical (unpaired) electrons. The third-order valence-electron chi connectivity index (χ3n) is 3.79. The van der Waals surface area contributed by atoms with Gasteiger partial charge in [0.25, 0.3) is 11.5 Å². The van der Waals surface area contributed by atoms with E-state index in [4.69, 9.17) is 0 Å². The van der Waals surface area contributed by atoms with E-state index in [-0.39, 0.29) is 11.5 Å². The smallest absolute Gasteiger partial charge is 0.267 e. The number of carbonyl (C=O) groups is 1. The van der Waals surface area contributed by atoms with Crippen LogP contribution in [0.25, 0.3) is 16.7 Å². The van der Waals surface area contributed by atoms with Crippen LogP contribution >= 0.6 is 0 Å². The van der Waals surface area contributed by atoms with Gasteiger partial charge in [0.1, 0.15) is 17.0 Å². The first kappa shape index (κ1) is 14.3. The minimum atomic E-state index is -0.187. The predicted octanol–water partition coefficient (Wildman–Crippen LogP) is 1.63. The highest BCUT2D eigenvalue weighted by molar-refractivity contribution is 5.98. The van der Waals surface area contributed by atoms with Crippen LogP contribution in [-0.4, -0.2) is 26.4 Å². The maximum Gasteiger partial charge on any atom is 0.267 e. The van der Waals surface area contributed by atoms with E-state index in [0.29, 0.717) is 28.9 Å². The Morgan fingerprint density at radius 1 is 1.36 bits per heavy atom. The van der Waals surface area contributed by atoms with Crippen LogP contribution in [0.15, 0.2) is 29.2 Å². The molecule has 0 bridgehead atoms. The molecule has 3 aromatic rings. The Kier molecular flexibility index (Phi) is 3.44. The molecule has 0 aliphatic heterocycles. The molecule has 0 spiro atoms. The van der Waals surface area contributed by atoms with Crippen molar-refractivity contribution in [3.8, 4) is 0 Å². The van der Waals surface area contributed by atoms with E-state index < -0.39 is 0 Å². The summed E-state index contributed by atoms with van der Waals surface area (Å²) >= 11 is 0. The molecule has 114 valence electrons. The fourth-order valence-electron chi connectivity index (χ4n) is 2.58. The topological polar surface area (TPSA) is 68.4 Å². The third kappa shape index (κ3) is 2.07. The van der Waals surface area contributed by atoms with Gasteiger partial charge in [0.15, 0.2) is 0 Å². The van der Waals surface area contributed by atoms with Crippen molar-refractivity contribution < 1.29 is 4.79 Å². The van der Waals surface area contributed by atoms with Gasteiger partial charge < -0.3 is 9.88 Å². The van der Waals surface area contributed by atoms with Crippen molar-refractivity contribution in [2.24, 2.45) is 7.05 Å². The summed E-state index contributed by atoms with van der Waals surface area (Å²) in [6.07, 6.45) is 2.56. The number of nitrogens with zero attached hydrogens (tertiary/aromatic N) is 3. The zero-order valence-corrected chi connectivity index (χ0v) is 12.9. The van der Waals surface area contributed by atoms with Gasteiger partial charge in [0, 0.05) is 19.8 Å². The molecule has 3 aromatic heterocycles. The molecular formula is C16H18N4O2. The zero-order chi connectivity index (χ0) is 15.9. The minimum Gasteiger partial charge on any atom is -0.351 e. The Morgan fingerprint density at radius 3 is 2.86 bits per heavy atom. The summed E-state index contributed by atoms with van der Waals surface area (Å²) in [6.45, 7) is 4.50. The molecule has 6 nitrogen and oxygen atoms in total. The van der Waals surface area contributed by atoms with Gasteiger partial charge in [-0.25, -0.2) is 4.98 Å². The number of fused-ring (bicyclic) bond motifs is 2. The lowest BCUT2D eigenvalue weighted by atomic mass is 10.3. The van der Waals surface area contributed by atoms with E-state index in [1.54, 1.807) is 23.9 Å². The van der Waals surface area contributed by atoms with E-state index in [0.717, 1.165) is 12.0 Å². The lowest BCUT2D eigenvalue weighted by Crippen LogP contribution is -2.25. The highest BCUT2D eigenvalue weighted by Gasteiger charge is 2.17. The second kappa shape index (κ2) is 5.29. The van der Waals surface area contributed by atoms with Crippen molar-refractivity contribution in [1.29, 1.82) is 0 Å². The van der Waals surface area contributed by atoms with Gasteiger partial charge in [-0.2, -0.15) is 0 Å². The molecule has 0 aliphatic rings. The highest BCUT2D eigenvalue weighted by Crippen LogP contribution is 2.16. The summed E-state index contributed by atoms with van der Waals surface area (Å²) in [4.78, 5) is 29.4. The molecule has 22 heavy (non-hydrogen) atoms. The van der Waals surface area contributed by atoms with Crippen molar-refractivity contribution in [2.75, 3.05) is 6.54 Å². The summed E-state index contributed by atoms with van der Waals surface area (Å²) in [7, 11) is 1.75. The van der Waals surface area contributed by atoms with Crippen LogP contribution in [0.1, 0.15) is 29.4 Å². The number of rotatable bonds is 3. The fourth-order valence-corrected chi connectivity index (χ4v) is 2.58. The van der Waals surface area contributed by atoms with Gasteiger partial charge in [0.05, 0.1) is 5.39 Å². The maximum atomic E-state index is 12.6. The Balaban J connectivity index is 2.28. The number of nitrogens with one attached hydrogen (secondary N) is 1. The van der Waals surface area contributed by atoms with Crippen molar-refractivity contribution in [1.82, 2.24) is 19.3 Å². The first-order chi connectivity index (χ1) is 10.5. The first-order valence-corrected chi connectivity index (χ1v) is 7.30. The van der Waals surface area contributed by atoms with Crippen molar-refractivity contribution in [3.63, 3.8) is 0 Å². The predicted molar refractivity (Wildman–Crippen MR) is 85.3 cm³/mol. The van der Waals surface area contributed by atoms with Crippen LogP contribution in [-0.2, 0) is 7.05 Å². The summed E-state index contributed by atoms with van der Waals surface area (Å²) in [5, 5.41) is 3.28.